The molecular weight excluding hydrogens is 408 g/mol. The summed E-state index contributed by atoms with van der Waals surface area (Å²) >= 11 is 0. The summed E-state index contributed by atoms with van der Waals surface area (Å²) in [6.07, 6.45) is 5.13. The first kappa shape index (κ1) is 20.9. The van der Waals surface area contributed by atoms with Gasteiger partial charge in [0, 0.05) is 29.8 Å². The molecule has 0 aliphatic carbocycles. The number of nitrogens with one attached hydrogen (secondary N) is 2. The van der Waals surface area contributed by atoms with E-state index in [1.54, 1.807) is 84.8 Å². The lowest BCUT2D eigenvalue weighted by atomic mass is 10.3. The van der Waals surface area contributed by atoms with E-state index in [-0.39, 0.29) is 6.03 Å². The van der Waals surface area contributed by atoms with Gasteiger partial charge >= 0.3 is 6.03 Å². The third kappa shape index (κ3) is 5.39. The monoisotopic (exact) mass is 430 g/mol. The average Bonchev–Trinajstić information content (AvgIpc) is 3.31. The Morgan fingerprint density at radius 2 is 1.62 bits per heavy atom. The van der Waals surface area contributed by atoms with Crippen molar-refractivity contribution in [2.75, 3.05) is 17.2 Å². The van der Waals surface area contributed by atoms with Gasteiger partial charge < -0.3 is 20.1 Å². The van der Waals surface area contributed by atoms with Gasteiger partial charge in [-0.25, -0.2) is 14.8 Å². The van der Waals surface area contributed by atoms with E-state index in [0.29, 0.717) is 41.3 Å². The molecule has 2 heterocycles. The van der Waals surface area contributed by atoms with Crippen molar-refractivity contribution in [1.82, 2.24) is 19.5 Å². The number of ether oxygens (including phenoxy) is 2. The molecule has 0 bridgehead atoms. The highest BCUT2D eigenvalue weighted by molar-refractivity contribution is 5.99. The van der Waals surface area contributed by atoms with Crippen LogP contribution in [0.1, 0.15) is 12.7 Å². The van der Waals surface area contributed by atoms with Crippen LogP contribution in [0.2, 0.25) is 0 Å². The number of aromatic nitrogens is 4. The summed E-state index contributed by atoms with van der Waals surface area (Å²) in [4.78, 5) is 25.0. The van der Waals surface area contributed by atoms with Crippen molar-refractivity contribution in [2.45, 2.75) is 13.8 Å². The van der Waals surface area contributed by atoms with Crippen LogP contribution in [0.25, 0.3) is 5.82 Å². The fourth-order valence-corrected chi connectivity index (χ4v) is 2.93. The van der Waals surface area contributed by atoms with E-state index in [2.05, 4.69) is 25.6 Å². The number of carbonyl (C=O) groups excluding carboxylic acids is 1. The molecule has 0 unspecified atom stereocenters. The number of hydrogen-bond donors (Lipinski definition) is 2. The maximum absolute atomic E-state index is 12.2. The van der Waals surface area contributed by atoms with E-state index in [0.717, 1.165) is 5.75 Å². The Morgan fingerprint density at radius 3 is 2.22 bits per heavy atom. The van der Waals surface area contributed by atoms with Gasteiger partial charge in [0.1, 0.15) is 29.5 Å². The quantitative estimate of drug-likeness (QED) is 0.436. The molecule has 162 valence electrons. The third-order valence-electron chi connectivity index (χ3n) is 4.33. The number of nitrogens with zero attached hydrogens (tertiary/aromatic N) is 4. The Labute approximate surface area is 185 Å². The largest absolute Gasteiger partial charge is 0.494 e. The molecule has 0 saturated heterocycles. The maximum Gasteiger partial charge on any atom is 0.323 e. The number of aryl methyl sites for hydroxylation is 1. The van der Waals surface area contributed by atoms with Crippen LogP contribution < -0.4 is 20.1 Å². The molecule has 9 heteroatoms. The number of benzene rings is 2. The lowest BCUT2D eigenvalue weighted by Gasteiger charge is -2.10. The molecule has 4 rings (SSSR count). The van der Waals surface area contributed by atoms with Gasteiger partial charge in [0.05, 0.1) is 6.61 Å². The van der Waals surface area contributed by atoms with Crippen molar-refractivity contribution in [1.29, 1.82) is 0 Å². The van der Waals surface area contributed by atoms with Crippen molar-refractivity contribution < 1.29 is 14.3 Å². The van der Waals surface area contributed by atoms with Gasteiger partial charge in [-0.05, 0) is 62.4 Å². The summed E-state index contributed by atoms with van der Waals surface area (Å²) in [6.45, 7) is 4.31. The van der Waals surface area contributed by atoms with Gasteiger partial charge in [0.25, 0.3) is 0 Å². The Balaban J connectivity index is 1.36. The van der Waals surface area contributed by atoms with E-state index in [4.69, 9.17) is 9.47 Å². The number of urea groups is 1. The number of amides is 2. The van der Waals surface area contributed by atoms with Crippen molar-refractivity contribution in [3.63, 3.8) is 0 Å². The molecule has 0 aliphatic rings. The number of hydrogen-bond acceptors (Lipinski definition) is 6. The van der Waals surface area contributed by atoms with Crippen molar-refractivity contribution in [3.8, 4) is 23.2 Å². The molecule has 2 N–H and O–H groups in total. The highest BCUT2D eigenvalue weighted by atomic mass is 16.5. The van der Waals surface area contributed by atoms with Crippen LogP contribution in [0.15, 0.2) is 73.3 Å². The van der Waals surface area contributed by atoms with Gasteiger partial charge in [0.15, 0.2) is 0 Å². The predicted octanol–water partition coefficient (Wildman–Crippen LogP) is 4.81. The first-order chi connectivity index (χ1) is 15.6. The highest BCUT2D eigenvalue weighted by Crippen LogP contribution is 2.23. The summed E-state index contributed by atoms with van der Waals surface area (Å²) in [6, 6.07) is 15.5. The van der Waals surface area contributed by atoms with Crippen molar-refractivity contribution >= 4 is 17.4 Å². The van der Waals surface area contributed by atoms with Crippen LogP contribution in [0.5, 0.6) is 17.4 Å². The lowest BCUT2D eigenvalue weighted by Crippen LogP contribution is -2.19. The van der Waals surface area contributed by atoms with Crippen LogP contribution in [0, 0.1) is 6.92 Å². The standard InChI is InChI=1S/C23H22N6O3/c1-3-31-19-8-4-17(5-9-19)27-23(30)28-18-6-10-20(11-7-18)32-22-14-21(25-16(2)26-22)29-13-12-24-15-29/h4-15H,3H2,1-2H3,(H2,27,28,30). The first-order valence-corrected chi connectivity index (χ1v) is 10.0. The topological polar surface area (TPSA) is 103 Å². The van der Waals surface area contributed by atoms with E-state index in [9.17, 15) is 4.79 Å². The van der Waals surface area contributed by atoms with Crippen LogP contribution in [0.3, 0.4) is 0 Å². The molecule has 2 aromatic heterocycles. The Bertz CT molecular complexity index is 1180. The number of anilines is 2. The Morgan fingerprint density at radius 1 is 0.969 bits per heavy atom. The smallest absolute Gasteiger partial charge is 0.323 e. The average molecular weight is 430 g/mol. The zero-order valence-electron chi connectivity index (χ0n) is 17.6. The molecule has 0 fully saturated rings. The molecule has 0 radical (unpaired) electrons. The van der Waals surface area contributed by atoms with Gasteiger partial charge in [0.2, 0.25) is 5.88 Å². The fourth-order valence-electron chi connectivity index (χ4n) is 2.93. The third-order valence-corrected chi connectivity index (χ3v) is 4.33. The second-order valence-corrected chi connectivity index (χ2v) is 6.74. The highest BCUT2D eigenvalue weighted by Gasteiger charge is 2.07. The van der Waals surface area contributed by atoms with Crippen molar-refractivity contribution in [2.24, 2.45) is 0 Å². The maximum atomic E-state index is 12.2. The normalized spacial score (nSPS) is 10.4. The Kier molecular flexibility index (Phi) is 6.26. The van der Waals surface area contributed by atoms with Gasteiger partial charge in [-0.1, -0.05) is 0 Å². The van der Waals surface area contributed by atoms with Crippen LogP contribution in [0.4, 0.5) is 16.2 Å². The fraction of sp³-hybridized carbons (Fsp3) is 0.130. The molecule has 0 aliphatic heterocycles. The number of rotatable bonds is 7. The summed E-state index contributed by atoms with van der Waals surface area (Å²) in [5.74, 6) is 2.99. The summed E-state index contributed by atoms with van der Waals surface area (Å²) in [5.41, 5.74) is 1.29. The van der Waals surface area contributed by atoms with Gasteiger partial charge in [-0.2, -0.15) is 4.98 Å². The molecule has 9 nitrogen and oxygen atoms in total. The van der Waals surface area contributed by atoms with E-state index >= 15 is 0 Å². The minimum atomic E-state index is -0.348. The second kappa shape index (κ2) is 9.61. The summed E-state index contributed by atoms with van der Waals surface area (Å²) in [5, 5.41) is 5.56. The number of imidazole rings is 1. The van der Waals surface area contributed by atoms with Crippen LogP contribution in [-0.4, -0.2) is 32.2 Å². The van der Waals surface area contributed by atoms with E-state index in [1.165, 1.54) is 0 Å². The minimum absolute atomic E-state index is 0.348. The van der Waals surface area contributed by atoms with Crippen molar-refractivity contribution in [3.05, 3.63) is 79.1 Å². The molecule has 0 saturated carbocycles. The molecule has 0 spiro atoms. The second-order valence-electron chi connectivity index (χ2n) is 6.74. The van der Waals surface area contributed by atoms with Gasteiger partial charge in [-0.3, -0.25) is 4.57 Å². The van der Waals surface area contributed by atoms with Crippen LogP contribution in [-0.2, 0) is 0 Å². The molecular formula is C23H22N6O3. The predicted molar refractivity (Wildman–Crippen MR) is 121 cm³/mol. The van der Waals surface area contributed by atoms with E-state index < -0.39 is 0 Å². The zero-order chi connectivity index (χ0) is 22.3. The lowest BCUT2D eigenvalue weighted by molar-refractivity contribution is 0.262. The molecule has 2 amide bonds. The SMILES string of the molecule is CCOc1ccc(NC(=O)Nc2ccc(Oc3cc(-n4ccnc4)nc(C)n3)cc2)cc1. The van der Waals surface area contributed by atoms with E-state index in [1.807, 2.05) is 6.92 Å². The first-order valence-electron chi connectivity index (χ1n) is 10.0. The molecule has 2 aromatic carbocycles. The zero-order valence-corrected chi connectivity index (χ0v) is 17.6. The molecule has 4 aromatic rings. The van der Waals surface area contributed by atoms with Crippen LogP contribution >= 0.6 is 0 Å². The number of carbonyl (C=O) groups is 1. The molecule has 0 atom stereocenters. The molecule has 32 heavy (non-hydrogen) atoms. The summed E-state index contributed by atoms with van der Waals surface area (Å²) in [7, 11) is 0. The van der Waals surface area contributed by atoms with Gasteiger partial charge in [-0.15, -0.1) is 0 Å². The Hall–Kier alpha value is -4.40. The summed E-state index contributed by atoms with van der Waals surface area (Å²) < 4.78 is 13.0. The minimum Gasteiger partial charge on any atom is -0.494 e.